The highest BCUT2D eigenvalue weighted by atomic mass is 16.2. The number of benzene rings is 1. The molecule has 0 aromatic heterocycles. The normalized spacial score (nSPS) is 25.8. The number of carbonyl (C=O) groups excluding carboxylic acids is 1. The molecule has 4 heteroatoms. The first kappa shape index (κ1) is 16.5. The highest BCUT2D eigenvalue weighted by Crippen LogP contribution is 2.25. The maximum atomic E-state index is 13.0. The lowest BCUT2D eigenvalue weighted by atomic mass is 9.91. The van der Waals surface area contributed by atoms with Crippen molar-refractivity contribution in [2.75, 3.05) is 26.2 Å². The Bertz CT molecular complexity index is 523. The smallest absolute Gasteiger partial charge is 0.246 e. The van der Waals surface area contributed by atoms with E-state index in [-0.39, 0.29) is 5.91 Å². The fraction of sp³-hybridized carbons (Fsp3) is 0.632. The Hall–Kier alpha value is -1.39. The van der Waals surface area contributed by atoms with Crippen LogP contribution in [0.1, 0.15) is 44.6 Å². The van der Waals surface area contributed by atoms with Crippen molar-refractivity contribution in [2.45, 2.75) is 50.6 Å². The van der Waals surface area contributed by atoms with Crippen molar-refractivity contribution in [1.82, 2.24) is 9.80 Å². The van der Waals surface area contributed by atoms with Crippen molar-refractivity contribution in [1.29, 1.82) is 0 Å². The molecule has 2 saturated heterocycles. The van der Waals surface area contributed by atoms with Crippen LogP contribution in [0.5, 0.6) is 0 Å². The van der Waals surface area contributed by atoms with E-state index in [2.05, 4.69) is 4.90 Å². The van der Waals surface area contributed by atoms with E-state index in [0.717, 1.165) is 31.5 Å². The average Bonchev–Trinajstić information content (AvgIpc) is 3.00. The Labute approximate surface area is 139 Å². The monoisotopic (exact) mass is 315 g/mol. The molecule has 23 heavy (non-hydrogen) atoms. The summed E-state index contributed by atoms with van der Waals surface area (Å²) in [4.78, 5) is 17.6. The van der Waals surface area contributed by atoms with Crippen molar-refractivity contribution < 1.29 is 4.79 Å². The number of nitrogens with two attached hydrogens (primary N) is 1. The summed E-state index contributed by atoms with van der Waals surface area (Å²) in [6, 6.07) is 10.4. The Kier molecular flexibility index (Phi) is 5.02. The molecular formula is C19H29N3O. The molecular weight excluding hydrogens is 286 g/mol. The molecule has 2 aliphatic rings. The van der Waals surface area contributed by atoms with Crippen LogP contribution in [0.3, 0.4) is 0 Å². The van der Waals surface area contributed by atoms with Gasteiger partial charge in [0.15, 0.2) is 0 Å². The summed E-state index contributed by atoms with van der Waals surface area (Å²) >= 11 is 0. The van der Waals surface area contributed by atoms with Crippen LogP contribution in [0.25, 0.3) is 0 Å². The van der Waals surface area contributed by atoms with Gasteiger partial charge in [0.05, 0.1) is 0 Å². The summed E-state index contributed by atoms with van der Waals surface area (Å²) < 4.78 is 0. The van der Waals surface area contributed by atoms with Crippen molar-refractivity contribution in [2.24, 2.45) is 5.73 Å². The first-order valence-electron chi connectivity index (χ1n) is 8.97. The number of hydrogen-bond donors (Lipinski definition) is 1. The highest BCUT2D eigenvalue weighted by molar-refractivity contribution is 5.87. The van der Waals surface area contributed by atoms with Gasteiger partial charge in [0.1, 0.15) is 5.54 Å². The molecule has 0 radical (unpaired) electrons. The SMILES string of the molecule is CC(N)(C(=O)N1CCCC(N2CCCC2)CC1)c1ccccc1. The van der Waals surface area contributed by atoms with Crippen LogP contribution in [0.15, 0.2) is 30.3 Å². The van der Waals surface area contributed by atoms with E-state index in [9.17, 15) is 4.79 Å². The lowest BCUT2D eigenvalue weighted by Gasteiger charge is -2.32. The molecule has 2 atom stereocenters. The zero-order valence-corrected chi connectivity index (χ0v) is 14.2. The van der Waals surface area contributed by atoms with Gasteiger partial charge in [-0.25, -0.2) is 0 Å². The molecule has 0 aliphatic carbocycles. The maximum absolute atomic E-state index is 13.0. The Morgan fingerprint density at radius 2 is 1.74 bits per heavy atom. The molecule has 4 nitrogen and oxygen atoms in total. The molecule has 1 aromatic carbocycles. The van der Waals surface area contributed by atoms with Crippen LogP contribution in [-0.4, -0.2) is 47.9 Å². The quantitative estimate of drug-likeness (QED) is 0.931. The highest BCUT2D eigenvalue weighted by Gasteiger charge is 2.35. The van der Waals surface area contributed by atoms with Gasteiger partial charge in [-0.1, -0.05) is 30.3 Å². The second-order valence-corrected chi connectivity index (χ2v) is 7.19. The summed E-state index contributed by atoms with van der Waals surface area (Å²) in [5.41, 5.74) is 6.38. The average molecular weight is 315 g/mol. The maximum Gasteiger partial charge on any atom is 0.246 e. The Balaban J connectivity index is 1.65. The van der Waals surface area contributed by atoms with Crippen molar-refractivity contribution >= 4 is 5.91 Å². The van der Waals surface area contributed by atoms with Crippen LogP contribution in [0.4, 0.5) is 0 Å². The molecule has 2 fully saturated rings. The second-order valence-electron chi connectivity index (χ2n) is 7.19. The van der Waals surface area contributed by atoms with E-state index in [0.29, 0.717) is 6.04 Å². The summed E-state index contributed by atoms with van der Waals surface area (Å²) in [6.45, 7) is 5.98. The molecule has 2 N–H and O–H groups in total. The molecule has 0 saturated carbocycles. The van der Waals surface area contributed by atoms with Gasteiger partial charge < -0.3 is 15.5 Å². The lowest BCUT2D eigenvalue weighted by molar-refractivity contribution is -0.136. The van der Waals surface area contributed by atoms with Gasteiger partial charge >= 0.3 is 0 Å². The van der Waals surface area contributed by atoms with E-state index in [4.69, 9.17) is 5.73 Å². The molecule has 0 spiro atoms. The van der Waals surface area contributed by atoms with Crippen LogP contribution in [0, 0.1) is 0 Å². The second kappa shape index (κ2) is 7.02. The molecule has 126 valence electrons. The van der Waals surface area contributed by atoms with Gasteiger partial charge in [0.25, 0.3) is 0 Å². The third-order valence-electron chi connectivity index (χ3n) is 5.46. The largest absolute Gasteiger partial charge is 0.341 e. The molecule has 3 rings (SSSR count). The van der Waals surface area contributed by atoms with Gasteiger partial charge in [-0.05, 0) is 57.7 Å². The van der Waals surface area contributed by atoms with Crippen LogP contribution >= 0.6 is 0 Å². The van der Waals surface area contributed by atoms with Crippen LogP contribution < -0.4 is 5.73 Å². The van der Waals surface area contributed by atoms with Crippen LogP contribution in [-0.2, 0) is 10.3 Å². The predicted molar refractivity (Wildman–Crippen MR) is 93.0 cm³/mol. The summed E-state index contributed by atoms with van der Waals surface area (Å²) in [6.07, 6.45) is 6.02. The first-order chi connectivity index (χ1) is 11.1. The number of rotatable bonds is 3. The number of nitrogens with zero attached hydrogens (tertiary/aromatic N) is 2. The fourth-order valence-corrected chi connectivity index (χ4v) is 3.99. The topological polar surface area (TPSA) is 49.6 Å². The minimum Gasteiger partial charge on any atom is -0.341 e. The third kappa shape index (κ3) is 3.59. The molecule has 0 bridgehead atoms. The number of carbonyl (C=O) groups is 1. The zero-order chi connectivity index (χ0) is 16.3. The van der Waals surface area contributed by atoms with Gasteiger partial charge in [0.2, 0.25) is 5.91 Å². The number of hydrogen-bond acceptors (Lipinski definition) is 3. The van der Waals surface area contributed by atoms with Crippen LogP contribution in [0.2, 0.25) is 0 Å². The summed E-state index contributed by atoms with van der Waals surface area (Å²) in [5, 5.41) is 0. The molecule has 2 unspecified atom stereocenters. The minimum absolute atomic E-state index is 0.0609. The van der Waals surface area contributed by atoms with E-state index >= 15 is 0 Å². The van der Waals surface area contributed by atoms with E-state index in [1.165, 1.54) is 32.4 Å². The van der Waals surface area contributed by atoms with Gasteiger partial charge in [-0.2, -0.15) is 0 Å². The lowest BCUT2D eigenvalue weighted by Crippen LogP contribution is -2.51. The van der Waals surface area contributed by atoms with Crippen molar-refractivity contribution in [3.05, 3.63) is 35.9 Å². The van der Waals surface area contributed by atoms with E-state index in [1.807, 2.05) is 42.2 Å². The number of likely N-dealkylation sites (tertiary alicyclic amines) is 2. The summed E-state index contributed by atoms with van der Waals surface area (Å²) in [7, 11) is 0. The predicted octanol–water partition coefficient (Wildman–Crippen LogP) is 2.34. The van der Waals surface area contributed by atoms with Crippen molar-refractivity contribution in [3.63, 3.8) is 0 Å². The molecule has 2 heterocycles. The molecule has 1 aromatic rings. The summed E-state index contributed by atoms with van der Waals surface area (Å²) in [5.74, 6) is 0.0609. The number of amides is 1. The fourth-order valence-electron chi connectivity index (χ4n) is 3.99. The Morgan fingerprint density at radius 1 is 1.04 bits per heavy atom. The van der Waals surface area contributed by atoms with Gasteiger partial charge in [-0.3, -0.25) is 4.79 Å². The van der Waals surface area contributed by atoms with Gasteiger partial charge in [0, 0.05) is 19.1 Å². The van der Waals surface area contributed by atoms with E-state index < -0.39 is 5.54 Å². The zero-order valence-electron chi connectivity index (χ0n) is 14.2. The third-order valence-corrected chi connectivity index (χ3v) is 5.46. The standard InChI is InChI=1S/C19H29N3O/c1-19(20,16-8-3-2-4-9-16)18(23)22-14-7-10-17(11-15-22)21-12-5-6-13-21/h2-4,8-9,17H,5-7,10-15,20H2,1H3. The Morgan fingerprint density at radius 3 is 2.43 bits per heavy atom. The van der Waals surface area contributed by atoms with Crippen molar-refractivity contribution in [3.8, 4) is 0 Å². The first-order valence-corrected chi connectivity index (χ1v) is 8.97. The van der Waals surface area contributed by atoms with Gasteiger partial charge in [-0.15, -0.1) is 0 Å². The van der Waals surface area contributed by atoms with E-state index in [1.54, 1.807) is 0 Å². The molecule has 1 amide bonds. The molecule has 2 aliphatic heterocycles. The minimum atomic E-state index is -0.936.